The van der Waals surface area contributed by atoms with Gasteiger partial charge < -0.3 is 19.9 Å². The molecule has 29 heavy (non-hydrogen) atoms. The number of carbonyl (C=O) groups excluding carboxylic acids is 1. The number of hydrogen-bond acceptors (Lipinski definition) is 4. The van der Waals surface area contributed by atoms with Crippen LogP contribution >= 0.6 is 0 Å². The van der Waals surface area contributed by atoms with E-state index in [1.165, 1.54) is 0 Å². The molecule has 0 heterocycles. The second-order valence-corrected chi connectivity index (χ2v) is 6.86. The molecule has 0 spiro atoms. The van der Waals surface area contributed by atoms with E-state index in [1.54, 1.807) is 24.3 Å². The average molecular weight is 391 g/mol. The van der Waals surface area contributed by atoms with Crippen LogP contribution in [-0.2, 0) is 0 Å². The highest BCUT2D eigenvalue weighted by atomic mass is 16.5. The van der Waals surface area contributed by atoms with E-state index in [1.807, 2.05) is 62.4 Å². The first kappa shape index (κ1) is 20.4. The molecule has 3 rings (SSSR count). The lowest BCUT2D eigenvalue weighted by atomic mass is 10.1. The zero-order valence-electron chi connectivity index (χ0n) is 16.6. The Bertz CT molecular complexity index is 956. The molecule has 0 fully saturated rings. The van der Waals surface area contributed by atoms with Crippen molar-refractivity contribution in [1.82, 2.24) is 0 Å². The molecule has 5 nitrogen and oxygen atoms in total. The van der Waals surface area contributed by atoms with E-state index in [2.05, 4.69) is 5.32 Å². The van der Waals surface area contributed by atoms with Crippen molar-refractivity contribution in [2.24, 2.45) is 0 Å². The van der Waals surface area contributed by atoms with Gasteiger partial charge in [-0.1, -0.05) is 42.5 Å². The number of carbonyl (C=O) groups is 1. The standard InChI is InChI=1S/C24H25NO4/c1-17-12-13-18(2)23(14-17)29-16-20(26)15-28-22-11-7-6-10-21(22)24(27)25-19-8-4-3-5-9-19/h3-14,20,26H,15-16H2,1-2H3,(H,25,27)/t20-/m1/s1. The van der Waals surface area contributed by atoms with Crippen LogP contribution in [0.4, 0.5) is 5.69 Å². The number of ether oxygens (including phenoxy) is 2. The first-order chi connectivity index (χ1) is 14.0. The molecule has 1 amide bonds. The van der Waals surface area contributed by atoms with Gasteiger partial charge in [-0.3, -0.25) is 4.79 Å². The van der Waals surface area contributed by atoms with Crippen molar-refractivity contribution < 1.29 is 19.4 Å². The number of aliphatic hydroxyl groups is 1. The number of nitrogens with one attached hydrogen (secondary N) is 1. The zero-order chi connectivity index (χ0) is 20.6. The molecule has 2 N–H and O–H groups in total. The number of benzene rings is 3. The van der Waals surface area contributed by atoms with Crippen LogP contribution in [0, 0.1) is 13.8 Å². The van der Waals surface area contributed by atoms with Crippen molar-refractivity contribution in [3.05, 3.63) is 89.5 Å². The van der Waals surface area contributed by atoms with Gasteiger partial charge in [-0.25, -0.2) is 0 Å². The highest BCUT2D eigenvalue weighted by Crippen LogP contribution is 2.21. The van der Waals surface area contributed by atoms with E-state index in [0.717, 1.165) is 16.9 Å². The van der Waals surface area contributed by atoms with E-state index in [9.17, 15) is 9.90 Å². The topological polar surface area (TPSA) is 67.8 Å². The van der Waals surface area contributed by atoms with Crippen molar-refractivity contribution in [3.63, 3.8) is 0 Å². The van der Waals surface area contributed by atoms with Gasteiger partial charge in [-0.05, 0) is 55.3 Å². The van der Waals surface area contributed by atoms with Crippen LogP contribution in [0.1, 0.15) is 21.5 Å². The normalized spacial score (nSPS) is 11.6. The molecule has 3 aromatic carbocycles. The molecule has 0 radical (unpaired) electrons. The maximum absolute atomic E-state index is 12.6. The van der Waals surface area contributed by atoms with E-state index < -0.39 is 6.10 Å². The van der Waals surface area contributed by atoms with Crippen LogP contribution in [0.5, 0.6) is 11.5 Å². The molecule has 0 aliphatic rings. The Balaban J connectivity index is 1.57. The van der Waals surface area contributed by atoms with Gasteiger partial charge in [0.25, 0.3) is 5.91 Å². The lowest BCUT2D eigenvalue weighted by Gasteiger charge is -2.16. The quantitative estimate of drug-likeness (QED) is 0.598. The molecular formula is C24H25NO4. The number of aliphatic hydroxyl groups excluding tert-OH is 1. The van der Waals surface area contributed by atoms with E-state index >= 15 is 0 Å². The molecule has 0 saturated heterocycles. The summed E-state index contributed by atoms with van der Waals surface area (Å²) in [6, 6.07) is 22.1. The molecule has 0 saturated carbocycles. The van der Waals surface area contributed by atoms with Crippen LogP contribution in [0.25, 0.3) is 0 Å². The van der Waals surface area contributed by atoms with E-state index in [0.29, 0.717) is 17.0 Å². The van der Waals surface area contributed by atoms with Gasteiger partial charge in [-0.2, -0.15) is 0 Å². The second-order valence-electron chi connectivity index (χ2n) is 6.86. The fraction of sp³-hybridized carbons (Fsp3) is 0.208. The van der Waals surface area contributed by atoms with Crippen molar-refractivity contribution in [2.45, 2.75) is 20.0 Å². The molecule has 0 aromatic heterocycles. The van der Waals surface area contributed by atoms with Crippen molar-refractivity contribution in [2.75, 3.05) is 18.5 Å². The van der Waals surface area contributed by atoms with Gasteiger partial charge in [0.05, 0.1) is 5.56 Å². The van der Waals surface area contributed by atoms with E-state index in [4.69, 9.17) is 9.47 Å². The Hall–Kier alpha value is -3.31. The van der Waals surface area contributed by atoms with E-state index in [-0.39, 0.29) is 19.1 Å². The molecule has 0 unspecified atom stereocenters. The van der Waals surface area contributed by atoms with Crippen LogP contribution in [-0.4, -0.2) is 30.3 Å². The predicted molar refractivity (Wildman–Crippen MR) is 114 cm³/mol. The van der Waals surface area contributed by atoms with Gasteiger partial charge in [0.2, 0.25) is 0 Å². The highest BCUT2D eigenvalue weighted by molar-refractivity contribution is 6.06. The predicted octanol–water partition coefficient (Wildman–Crippen LogP) is 4.37. The summed E-state index contributed by atoms with van der Waals surface area (Å²) in [6.45, 7) is 4.06. The number of aryl methyl sites for hydroxylation is 2. The maximum Gasteiger partial charge on any atom is 0.259 e. The minimum Gasteiger partial charge on any atom is -0.490 e. The van der Waals surface area contributed by atoms with Gasteiger partial charge in [0.15, 0.2) is 0 Å². The summed E-state index contributed by atoms with van der Waals surface area (Å²) in [5, 5.41) is 13.1. The van der Waals surface area contributed by atoms with Crippen molar-refractivity contribution in [1.29, 1.82) is 0 Å². The Morgan fingerprint density at radius 2 is 1.55 bits per heavy atom. The van der Waals surface area contributed by atoms with Crippen LogP contribution in [0.3, 0.4) is 0 Å². The SMILES string of the molecule is Cc1ccc(C)c(OC[C@H](O)COc2ccccc2C(=O)Nc2ccccc2)c1. The average Bonchev–Trinajstić information content (AvgIpc) is 2.73. The highest BCUT2D eigenvalue weighted by Gasteiger charge is 2.14. The number of rotatable bonds is 8. The number of para-hydroxylation sites is 2. The Morgan fingerprint density at radius 3 is 2.31 bits per heavy atom. The molecule has 0 bridgehead atoms. The van der Waals surface area contributed by atoms with Crippen molar-refractivity contribution >= 4 is 11.6 Å². The molecule has 1 atom stereocenters. The summed E-state index contributed by atoms with van der Waals surface area (Å²) in [7, 11) is 0. The fourth-order valence-corrected chi connectivity index (χ4v) is 2.78. The molecule has 0 aliphatic carbocycles. The minimum atomic E-state index is -0.833. The molecule has 0 aliphatic heterocycles. The zero-order valence-corrected chi connectivity index (χ0v) is 16.6. The summed E-state index contributed by atoms with van der Waals surface area (Å²) in [5.41, 5.74) is 3.20. The third-order valence-corrected chi connectivity index (χ3v) is 4.37. The monoisotopic (exact) mass is 391 g/mol. The molecule has 150 valence electrons. The Kier molecular flexibility index (Phi) is 6.87. The molecule has 3 aromatic rings. The van der Waals surface area contributed by atoms with Gasteiger partial charge in [0, 0.05) is 5.69 Å². The third-order valence-electron chi connectivity index (χ3n) is 4.37. The summed E-state index contributed by atoms with van der Waals surface area (Å²) in [4.78, 5) is 12.6. The third kappa shape index (κ3) is 5.83. The fourth-order valence-electron chi connectivity index (χ4n) is 2.78. The smallest absolute Gasteiger partial charge is 0.259 e. The minimum absolute atomic E-state index is 0.0144. The summed E-state index contributed by atoms with van der Waals surface area (Å²) >= 11 is 0. The first-order valence-corrected chi connectivity index (χ1v) is 9.49. The number of amides is 1. The summed E-state index contributed by atoms with van der Waals surface area (Å²) < 4.78 is 11.4. The summed E-state index contributed by atoms with van der Waals surface area (Å²) in [6.07, 6.45) is -0.833. The van der Waals surface area contributed by atoms with Gasteiger partial charge >= 0.3 is 0 Å². The molecular weight excluding hydrogens is 366 g/mol. The van der Waals surface area contributed by atoms with Gasteiger partial charge in [-0.15, -0.1) is 0 Å². The van der Waals surface area contributed by atoms with Crippen LogP contribution < -0.4 is 14.8 Å². The van der Waals surface area contributed by atoms with Crippen LogP contribution in [0.2, 0.25) is 0 Å². The molecule has 5 heteroatoms. The van der Waals surface area contributed by atoms with Gasteiger partial charge in [0.1, 0.15) is 30.8 Å². The maximum atomic E-state index is 12.6. The second kappa shape index (κ2) is 9.75. The number of anilines is 1. The lowest BCUT2D eigenvalue weighted by Crippen LogP contribution is -2.26. The Labute approximate surface area is 170 Å². The number of hydrogen-bond donors (Lipinski definition) is 2. The Morgan fingerprint density at radius 1 is 0.897 bits per heavy atom. The van der Waals surface area contributed by atoms with Crippen molar-refractivity contribution in [3.8, 4) is 11.5 Å². The summed E-state index contributed by atoms with van der Waals surface area (Å²) in [5.74, 6) is 0.881. The van der Waals surface area contributed by atoms with Crippen LogP contribution in [0.15, 0.2) is 72.8 Å². The first-order valence-electron chi connectivity index (χ1n) is 9.49. The lowest BCUT2D eigenvalue weighted by molar-refractivity contribution is 0.0618. The largest absolute Gasteiger partial charge is 0.490 e.